The minimum Gasteiger partial charge on any atom is -0.496 e. The van der Waals surface area contributed by atoms with Gasteiger partial charge in [-0.05, 0) is 45.6 Å². The lowest BCUT2D eigenvalue weighted by molar-refractivity contribution is -0.122. The molecule has 0 saturated carbocycles. The zero-order valence-electron chi connectivity index (χ0n) is 12.1. The number of amides is 1. The molecule has 1 saturated heterocycles. The highest BCUT2D eigenvalue weighted by atomic mass is 79.9. The van der Waals surface area contributed by atoms with Gasteiger partial charge >= 0.3 is 0 Å². The van der Waals surface area contributed by atoms with Gasteiger partial charge < -0.3 is 4.74 Å². The summed E-state index contributed by atoms with van der Waals surface area (Å²) in [7, 11) is 1.62. The van der Waals surface area contributed by atoms with E-state index in [4.69, 9.17) is 17.0 Å². The van der Waals surface area contributed by atoms with Gasteiger partial charge in [0.15, 0.2) is 0 Å². The van der Waals surface area contributed by atoms with Crippen molar-refractivity contribution in [3.05, 3.63) is 33.1 Å². The Morgan fingerprint density at radius 3 is 2.76 bits per heavy atom. The quantitative estimate of drug-likeness (QED) is 0.570. The first kappa shape index (κ1) is 16.5. The molecular weight excluding hydrogens is 370 g/mol. The number of hydrogen-bond donors (Lipinski definition) is 0. The van der Waals surface area contributed by atoms with Gasteiger partial charge in [-0.25, -0.2) is 0 Å². The predicted octanol–water partition coefficient (Wildman–Crippen LogP) is 4.31. The van der Waals surface area contributed by atoms with E-state index in [0.29, 0.717) is 21.7 Å². The number of hydrogen-bond acceptors (Lipinski definition) is 4. The zero-order chi connectivity index (χ0) is 15.6. The van der Waals surface area contributed by atoms with Gasteiger partial charge in [0.25, 0.3) is 5.91 Å². The largest absolute Gasteiger partial charge is 0.496 e. The lowest BCUT2D eigenvalue weighted by Gasteiger charge is -2.16. The molecule has 1 aliphatic rings. The van der Waals surface area contributed by atoms with Gasteiger partial charge in [-0.1, -0.05) is 43.9 Å². The fourth-order valence-corrected chi connectivity index (χ4v) is 3.78. The van der Waals surface area contributed by atoms with Gasteiger partial charge in [0.2, 0.25) is 0 Å². The average molecular weight is 386 g/mol. The normalized spacial score (nSPS) is 17.2. The molecule has 0 aliphatic carbocycles. The van der Waals surface area contributed by atoms with E-state index >= 15 is 0 Å². The van der Waals surface area contributed by atoms with Crippen molar-refractivity contribution in [2.75, 3.05) is 13.7 Å². The number of benzene rings is 1. The van der Waals surface area contributed by atoms with Crippen LogP contribution in [0.5, 0.6) is 5.75 Å². The molecule has 0 bridgehead atoms. The van der Waals surface area contributed by atoms with Gasteiger partial charge in [-0.3, -0.25) is 9.69 Å². The van der Waals surface area contributed by atoms with E-state index in [-0.39, 0.29) is 5.91 Å². The van der Waals surface area contributed by atoms with Crippen LogP contribution in [0.1, 0.15) is 19.4 Å². The predicted molar refractivity (Wildman–Crippen MR) is 95.4 cm³/mol. The van der Waals surface area contributed by atoms with Crippen molar-refractivity contribution in [2.45, 2.75) is 13.8 Å². The number of halogens is 1. The molecule has 1 aromatic rings. The van der Waals surface area contributed by atoms with Crippen LogP contribution in [-0.2, 0) is 4.79 Å². The van der Waals surface area contributed by atoms with Crippen LogP contribution in [0, 0.1) is 5.92 Å². The van der Waals surface area contributed by atoms with Crippen LogP contribution in [0.4, 0.5) is 0 Å². The topological polar surface area (TPSA) is 29.5 Å². The number of rotatable bonds is 4. The third kappa shape index (κ3) is 3.87. The Hall–Kier alpha value is -0.850. The second-order valence-electron chi connectivity index (χ2n) is 5.08. The number of carbonyl (C=O) groups excluding carboxylic acids is 1. The number of nitrogens with zero attached hydrogens (tertiary/aromatic N) is 1. The van der Waals surface area contributed by atoms with Crippen LogP contribution in [0.15, 0.2) is 27.6 Å². The molecule has 6 heteroatoms. The van der Waals surface area contributed by atoms with Gasteiger partial charge in [0, 0.05) is 6.54 Å². The average Bonchev–Trinajstić information content (AvgIpc) is 2.66. The van der Waals surface area contributed by atoms with Gasteiger partial charge in [-0.2, -0.15) is 0 Å². The maximum Gasteiger partial charge on any atom is 0.266 e. The second-order valence-corrected chi connectivity index (χ2v) is 7.61. The van der Waals surface area contributed by atoms with E-state index in [1.54, 1.807) is 12.0 Å². The summed E-state index contributed by atoms with van der Waals surface area (Å²) >= 11 is 10.1. The first-order valence-electron chi connectivity index (χ1n) is 6.51. The van der Waals surface area contributed by atoms with Crippen molar-refractivity contribution in [1.82, 2.24) is 4.90 Å². The van der Waals surface area contributed by atoms with E-state index in [1.165, 1.54) is 11.8 Å². The molecule has 0 atom stereocenters. The minimum absolute atomic E-state index is 0.00867. The summed E-state index contributed by atoms with van der Waals surface area (Å²) in [5, 5.41) is 0. The van der Waals surface area contributed by atoms with Crippen molar-refractivity contribution in [3.63, 3.8) is 0 Å². The van der Waals surface area contributed by atoms with Crippen LogP contribution in [0.3, 0.4) is 0 Å². The molecule has 3 nitrogen and oxygen atoms in total. The maximum atomic E-state index is 12.4. The third-order valence-corrected chi connectivity index (χ3v) is 4.89. The van der Waals surface area contributed by atoms with Crippen LogP contribution in [0.25, 0.3) is 6.08 Å². The summed E-state index contributed by atoms with van der Waals surface area (Å²) < 4.78 is 6.69. The molecule has 0 radical (unpaired) electrons. The molecule has 0 N–H and O–H groups in total. The summed E-state index contributed by atoms with van der Waals surface area (Å²) in [5.74, 6) is 1.15. The summed E-state index contributed by atoms with van der Waals surface area (Å²) in [6.07, 6.45) is 1.86. The molecule has 1 aromatic carbocycles. The van der Waals surface area contributed by atoms with Crippen LogP contribution < -0.4 is 4.74 Å². The Kier molecular flexibility index (Phi) is 5.46. The van der Waals surface area contributed by atoms with Crippen molar-refractivity contribution < 1.29 is 9.53 Å². The van der Waals surface area contributed by atoms with Gasteiger partial charge in [0.1, 0.15) is 10.1 Å². The molecule has 21 heavy (non-hydrogen) atoms. The lowest BCUT2D eigenvalue weighted by Crippen LogP contribution is -2.31. The van der Waals surface area contributed by atoms with Crippen molar-refractivity contribution in [3.8, 4) is 5.75 Å². The monoisotopic (exact) mass is 385 g/mol. The summed E-state index contributed by atoms with van der Waals surface area (Å²) in [5.41, 5.74) is 0.938. The molecule has 0 unspecified atom stereocenters. The highest BCUT2D eigenvalue weighted by Crippen LogP contribution is 2.34. The fourth-order valence-electron chi connectivity index (χ4n) is 1.95. The third-order valence-electron chi connectivity index (χ3n) is 2.89. The molecular formula is C15H16BrNO2S2. The van der Waals surface area contributed by atoms with Crippen LogP contribution in [-0.4, -0.2) is 28.8 Å². The summed E-state index contributed by atoms with van der Waals surface area (Å²) in [6, 6.07) is 5.71. The molecule has 112 valence electrons. The van der Waals surface area contributed by atoms with E-state index in [0.717, 1.165) is 15.8 Å². The fraction of sp³-hybridized carbons (Fsp3) is 0.333. The minimum atomic E-state index is -0.00867. The smallest absolute Gasteiger partial charge is 0.266 e. The SMILES string of the molecule is COc1ccc(/C=C2\SC(=S)N(CC(C)C)C2=O)cc1Br. The Balaban J connectivity index is 2.24. The van der Waals surface area contributed by atoms with Crippen LogP contribution in [0.2, 0.25) is 0 Å². The second kappa shape index (κ2) is 6.94. The number of methoxy groups -OCH3 is 1. The van der Waals surface area contributed by atoms with Crippen molar-refractivity contribution in [2.24, 2.45) is 5.92 Å². The van der Waals surface area contributed by atoms with Crippen LogP contribution >= 0.6 is 39.9 Å². The van der Waals surface area contributed by atoms with E-state index in [2.05, 4.69) is 29.8 Å². The van der Waals surface area contributed by atoms with E-state index in [1.807, 2.05) is 24.3 Å². The Morgan fingerprint density at radius 2 is 2.19 bits per heavy atom. The first-order valence-corrected chi connectivity index (χ1v) is 8.53. The highest BCUT2D eigenvalue weighted by molar-refractivity contribution is 9.10. The first-order chi connectivity index (χ1) is 9.92. The highest BCUT2D eigenvalue weighted by Gasteiger charge is 2.32. The Labute approximate surface area is 142 Å². The molecule has 1 fully saturated rings. The van der Waals surface area contributed by atoms with Gasteiger partial charge in [-0.15, -0.1) is 0 Å². The number of thioether (sulfide) groups is 1. The Bertz CT molecular complexity index is 614. The zero-order valence-corrected chi connectivity index (χ0v) is 15.3. The molecule has 0 spiro atoms. The summed E-state index contributed by atoms with van der Waals surface area (Å²) in [4.78, 5) is 14.7. The maximum absolute atomic E-state index is 12.4. The van der Waals surface area contributed by atoms with E-state index in [9.17, 15) is 4.79 Å². The number of carbonyl (C=O) groups is 1. The molecule has 2 rings (SSSR count). The van der Waals surface area contributed by atoms with Gasteiger partial charge in [0.05, 0.1) is 16.5 Å². The van der Waals surface area contributed by atoms with E-state index < -0.39 is 0 Å². The van der Waals surface area contributed by atoms with Crippen molar-refractivity contribution in [1.29, 1.82) is 0 Å². The van der Waals surface area contributed by atoms with Crippen molar-refractivity contribution >= 4 is 56.2 Å². The molecule has 1 aliphatic heterocycles. The Morgan fingerprint density at radius 1 is 1.48 bits per heavy atom. The molecule has 1 amide bonds. The lowest BCUT2D eigenvalue weighted by atomic mass is 10.2. The molecule has 0 aromatic heterocycles. The molecule has 1 heterocycles. The standard InChI is InChI=1S/C15H16BrNO2S2/c1-9(2)8-17-14(18)13(21-15(17)20)7-10-4-5-12(19-3)11(16)6-10/h4-7,9H,8H2,1-3H3/b13-7-. The summed E-state index contributed by atoms with van der Waals surface area (Å²) in [6.45, 7) is 4.81. The number of thiocarbonyl (C=S) groups is 1. The number of ether oxygens (including phenoxy) is 1.